The van der Waals surface area contributed by atoms with E-state index in [1.54, 1.807) is 30.3 Å². The number of carbonyl (C=O) groups is 3. The Hall–Kier alpha value is -4.93. The molecule has 1 saturated heterocycles. The minimum atomic E-state index is -1.26. The zero-order valence-corrected chi connectivity index (χ0v) is 22.4. The van der Waals surface area contributed by atoms with Gasteiger partial charge in [0.15, 0.2) is 23.0 Å². The van der Waals surface area contributed by atoms with Gasteiger partial charge in [-0.25, -0.2) is 9.59 Å². The molecule has 2 heterocycles. The maximum atomic E-state index is 13.4. The maximum absolute atomic E-state index is 13.4. The molecule has 2 aliphatic heterocycles. The minimum Gasteiger partial charge on any atom is -0.493 e. The van der Waals surface area contributed by atoms with Crippen molar-refractivity contribution in [2.75, 3.05) is 34.7 Å². The van der Waals surface area contributed by atoms with Gasteiger partial charge in [0.2, 0.25) is 12.5 Å². The molecule has 6 rings (SSSR count). The number of rotatable bonds is 7. The number of carbonyl (C=O) groups excluding carboxylic acids is 2. The van der Waals surface area contributed by atoms with Crippen LogP contribution < -0.4 is 23.7 Å². The first-order chi connectivity index (χ1) is 19.9. The van der Waals surface area contributed by atoms with Crippen molar-refractivity contribution in [1.82, 2.24) is 0 Å². The first kappa shape index (κ1) is 26.3. The summed E-state index contributed by atoms with van der Waals surface area (Å²) in [5.41, 5.74) is 1.65. The van der Waals surface area contributed by atoms with Gasteiger partial charge in [0.1, 0.15) is 6.10 Å². The fourth-order valence-electron chi connectivity index (χ4n) is 5.97. The molecule has 1 fully saturated rings. The number of fused-ring (bicyclic) bond motifs is 3. The number of esters is 2. The molecule has 4 atom stereocenters. The summed E-state index contributed by atoms with van der Waals surface area (Å²) < 4.78 is 39.5. The normalized spacial score (nSPS) is 21.8. The van der Waals surface area contributed by atoms with Crippen LogP contribution in [0.5, 0.6) is 28.7 Å². The quantitative estimate of drug-likeness (QED) is 0.419. The monoisotopic (exact) mass is 562 g/mol. The molecule has 41 heavy (non-hydrogen) atoms. The van der Waals surface area contributed by atoms with Crippen LogP contribution in [0.3, 0.4) is 0 Å². The van der Waals surface area contributed by atoms with Crippen LogP contribution in [-0.2, 0) is 14.3 Å². The van der Waals surface area contributed by atoms with Crippen molar-refractivity contribution in [2.45, 2.75) is 12.0 Å². The first-order valence-corrected chi connectivity index (χ1v) is 12.8. The zero-order valence-electron chi connectivity index (χ0n) is 22.4. The molecule has 3 aliphatic rings. The second-order valence-electron chi connectivity index (χ2n) is 9.77. The summed E-state index contributed by atoms with van der Waals surface area (Å²) >= 11 is 0. The van der Waals surface area contributed by atoms with Crippen LogP contribution in [0.15, 0.2) is 48.5 Å². The molecule has 0 amide bonds. The number of carboxylic acid groups (broad SMARTS) is 1. The predicted molar refractivity (Wildman–Crippen MR) is 140 cm³/mol. The van der Waals surface area contributed by atoms with Gasteiger partial charge in [-0.15, -0.1) is 0 Å². The van der Waals surface area contributed by atoms with Crippen molar-refractivity contribution in [3.63, 3.8) is 0 Å². The van der Waals surface area contributed by atoms with Crippen LogP contribution in [0.4, 0.5) is 0 Å². The highest BCUT2D eigenvalue weighted by Crippen LogP contribution is 2.56. The molecule has 0 radical (unpaired) electrons. The Labute approximate surface area is 234 Å². The average Bonchev–Trinajstić information content (AvgIpc) is 3.61. The molecule has 11 nitrogen and oxygen atoms in total. The zero-order chi connectivity index (χ0) is 28.8. The van der Waals surface area contributed by atoms with E-state index in [0.29, 0.717) is 45.4 Å². The van der Waals surface area contributed by atoms with Gasteiger partial charge in [0.05, 0.1) is 45.0 Å². The maximum Gasteiger partial charge on any atom is 0.339 e. The number of carboxylic acids is 1. The molecule has 3 aromatic carbocycles. The summed E-state index contributed by atoms with van der Waals surface area (Å²) in [6.07, 6.45) is -0.941. The van der Waals surface area contributed by atoms with Crippen LogP contribution >= 0.6 is 0 Å². The van der Waals surface area contributed by atoms with Crippen molar-refractivity contribution >= 4 is 17.9 Å². The van der Waals surface area contributed by atoms with E-state index in [1.165, 1.54) is 39.5 Å². The number of cyclic esters (lactones) is 1. The van der Waals surface area contributed by atoms with Gasteiger partial charge in [-0.3, -0.25) is 4.79 Å². The molecule has 11 heteroatoms. The summed E-state index contributed by atoms with van der Waals surface area (Å²) in [5, 5.41) is 9.62. The van der Waals surface area contributed by atoms with E-state index in [9.17, 15) is 19.5 Å². The van der Waals surface area contributed by atoms with E-state index in [2.05, 4.69) is 0 Å². The standard InChI is InChI=1S/C30H26O11/c1-35-22-8-14(9-23(36-2)27(22)37-3)24-17-10-20-21(40-13-39-20)11-18(17)26(19-12-38-30(34)25(19)24)41-29(33)16-7-5-4-6-15(16)28(31)32/h4-11,19,24-26H,12-13H2,1-3H3,(H,31,32)/t19-,24+,25-,26+/m0/s1. The van der Waals surface area contributed by atoms with Gasteiger partial charge in [0, 0.05) is 17.4 Å². The van der Waals surface area contributed by atoms with Crippen molar-refractivity contribution < 1.29 is 52.6 Å². The van der Waals surface area contributed by atoms with Gasteiger partial charge in [-0.05, 0) is 47.5 Å². The molecular formula is C30H26O11. The fraction of sp³-hybridized carbons (Fsp3) is 0.300. The van der Waals surface area contributed by atoms with Gasteiger partial charge in [0.25, 0.3) is 0 Å². The molecule has 0 unspecified atom stereocenters. The first-order valence-electron chi connectivity index (χ1n) is 12.8. The van der Waals surface area contributed by atoms with Crippen molar-refractivity contribution in [3.05, 3.63) is 76.3 Å². The predicted octanol–water partition coefficient (Wildman–Crippen LogP) is 3.97. The van der Waals surface area contributed by atoms with Gasteiger partial charge >= 0.3 is 17.9 Å². The summed E-state index contributed by atoms with van der Waals surface area (Å²) in [4.78, 5) is 38.5. The Morgan fingerprint density at radius 2 is 1.49 bits per heavy atom. The van der Waals surface area contributed by atoms with Gasteiger partial charge in [-0.1, -0.05) is 12.1 Å². The van der Waals surface area contributed by atoms with Gasteiger partial charge in [-0.2, -0.15) is 0 Å². The SMILES string of the molecule is COc1cc([C@@H]2c3cc4c(cc3[C@@H](OC(=O)c3ccccc3C(=O)O)[C@H]3COC(=O)[C@H]23)OCO4)cc(OC)c1OC. The highest BCUT2D eigenvalue weighted by atomic mass is 16.7. The Morgan fingerprint density at radius 1 is 0.854 bits per heavy atom. The third kappa shape index (κ3) is 4.24. The minimum absolute atomic E-state index is 0.00314. The Balaban J connectivity index is 1.52. The van der Waals surface area contributed by atoms with E-state index < -0.39 is 41.8 Å². The highest BCUT2D eigenvalue weighted by Gasteiger charge is 2.54. The lowest BCUT2D eigenvalue weighted by Crippen LogP contribution is -2.36. The summed E-state index contributed by atoms with van der Waals surface area (Å²) in [6, 6.07) is 12.9. The number of hydrogen-bond donors (Lipinski definition) is 1. The molecule has 0 aromatic heterocycles. The van der Waals surface area contributed by atoms with Gasteiger partial charge < -0.3 is 38.3 Å². The number of ether oxygens (including phenoxy) is 7. The van der Waals surface area contributed by atoms with Crippen LogP contribution in [0.1, 0.15) is 49.4 Å². The van der Waals surface area contributed by atoms with Crippen molar-refractivity contribution in [1.29, 1.82) is 0 Å². The summed E-state index contributed by atoms with van der Waals surface area (Å²) in [7, 11) is 4.51. The Morgan fingerprint density at radius 3 is 2.10 bits per heavy atom. The molecule has 1 aliphatic carbocycles. The molecule has 3 aromatic rings. The molecule has 1 N–H and O–H groups in total. The second-order valence-corrected chi connectivity index (χ2v) is 9.77. The average molecular weight is 563 g/mol. The topological polar surface area (TPSA) is 136 Å². The van der Waals surface area contributed by atoms with Crippen molar-refractivity contribution in [3.8, 4) is 28.7 Å². The molecule has 0 bridgehead atoms. The third-order valence-electron chi connectivity index (χ3n) is 7.78. The molecule has 212 valence electrons. The van der Waals surface area contributed by atoms with E-state index in [4.69, 9.17) is 33.2 Å². The number of methoxy groups -OCH3 is 3. The number of benzene rings is 3. The second kappa shape index (κ2) is 10.2. The number of aromatic carboxylic acids is 1. The lowest BCUT2D eigenvalue weighted by Gasteiger charge is -2.38. The smallest absolute Gasteiger partial charge is 0.339 e. The molecule has 0 spiro atoms. The lowest BCUT2D eigenvalue weighted by atomic mass is 9.66. The van der Waals surface area contributed by atoms with Crippen LogP contribution in [0.2, 0.25) is 0 Å². The molecular weight excluding hydrogens is 536 g/mol. The van der Waals surface area contributed by atoms with E-state index in [1.807, 2.05) is 0 Å². The van der Waals surface area contributed by atoms with Crippen LogP contribution in [-0.4, -0.2) is 57.7 Å². The largest absolute Gasteiger partial charge is 0.493 e. The van der Waals surface area contributed by atoms with Crippen LogP contribution in [0.25, 0.3) is 0 Å². The Kier molecular flexibility index (Phi) is 6.56. The summed E-state index contributed by atoms with van der Waals surface area (Å²) in [6.45, 7) is 0.00917. The van der Waals surface area contributed by atoms with Crippen LogP contribution in [0, 0.1) is 11.8 Å². The number of hydrogen-bond acceptors (Lipinski definition) is 10. The Bertz CT molecular complexity index is 1540. The van der Waals surface area contributed by atoms with E-state index >= 15 is 0 Å². The van der Waals surface area contributed by atoms with Crippen molar-refractivity contribution in [2.24, 2.45) is 11.8 Å². The molecule has 0 saturated carbocycles. The fourth-order valence-corrected chi connectivity index (χ4v) is 5.97. The highest BCUT2D eigenvalue weighted by molar-refractivity contribution is 6.02. The third-order valence-corrected chi connectivity index (χ3v) is 7.78. The lowest BCUT2D eigenvalue weighted by molar-refractivity contribution is -0.141. The summed E-state index contributed by atoms with van der Waals surface area (Å²) in [5.74, 6) is -2.29. The van der Waals surface area contributed by atoms with E-state index in [0.717, 1.165) is 0 Å². The van der Waals surface area contributed by atoms with E-state index in [-0.39, 0.29) is 24.5 Å².